The minimum absolute atomic E-state index is 0. The molecular formula is C9H7N2OY-. The molecule has 1 heterocycles. The van der Waals surface area contributed by atoms with Gasteiger partial charge in [-0.3, -0.25) is 4.98 Å². The monoisotopic (exact) mass is 248 g/mol. The van der Waals surface area contributed by atoms with Gasteiger partial charge in [0, 0.05) is 38.2 Å². The molecule has 2 aromatic rings. The topological polar surface area (TPSA) is 45.8 Å². The first kappa shape index (κ1) is 10.5. The van der Waals surface area contributed by atoms with Crippen molar-refractivity contribution < 1.29 is 37.5 Å². The third-order valence-corrected chi connectivity index (χ3v) is 1.74. The van der Waals surface area contributed by atoms with E-state index in [4.69, 9.17) is 0 Å². The zero-order valence-electron chi connectivity index (χ0n) is 7.16. The van der Waals surface area contributed by atoms with Crippen molar-refractivity contribution in [3.63, 3.8) is 0 Å². The number of para-hydroxylation sites is 1. The summed E-state index contributed by atoms with van der Waals surface area (Å²) in [4.78, 5) is 17.7. The van der Waals surface area contributed by atoms with Crippen molar-refractivity contribution >= 4 is 17.3 Å². The van der Waals surface area contributed by atoms with E-state index in [1.54, 1.807) is 12.1 Å². The number of aromatic nitrogens is 2. The Morgan fingerprint density at radius 1 is 1.46 bits per heavy atom. The van der Waals surface area contributed by atoms with Crippen LogP contribution in [-0.2, 0) is 37.5 Å². The number of aromatic amines is 1. The average molecular weight is 248 g/mol. The van der Waals surface area contributed by atoms with Crippen LogP contribution < -0.4 is 0 Å². The number of H-pyrrole nitrogens is 1. The molecular weight excluding hydrogens is 241 g/mol. The molecule has 0 atom stereocenters. The van der Waals surface area contributed by atoms with Crippen LogP contribution in [-0.4, -0.2) is 16.3 Å². The summed E-state index contributed by atoms with van der Waals surface area (Å²) in [6, 6.07) is 5.39. The van der Waals surface area contributed by atoms with Crippen molar-refractivity contribution in [3.05, 3.63) is 29.6 Å². The first-order valence-electron chi connectivity index (χ1n) is 3.65. The summed E-state index contributed by atoms with van der Waals surface area (Å²) in [5.41, 5.74) is 2.09. The number of benzene rings is 1. The molecule has 0 aliphatic carbocycles. The molecule has 0 saturated heterocycles. The third kappa shape index (κ3) is 1.86. The van der Waals surface area contributed by atoms with E-state index < -0.39 is 0 Å². The van der Waals surface area contributed by atoms with Gasteiger partial charge in [0.05, 0.1) is 12.1 Å². The van der Waals surface area contributed by atoms with Crippen molar-refractivity contribution in [2.24, 2.45) is 0 Å². The Morgan fingerprint density at radius 3 is 2.92 bits per heavy atom. The molecule has 1 N–H and O–H groups in total. The minimum Gasteiger partial charge on any atom is -0.376 e. The second-order valence-corrected chi connectivity index (χ2v) is 2.63. The van der Waals surface area contributed by atoms with E-state index in [2.05, 4.69) is 9.97 Å². The minimum atomic E-state index is 0. The van der Waals surface area contributed by atoms with Crippen LogP contribution in [0.3, 0.4) is 0 Å². The first-order chi connectivity index (χ1) is 5.81. The molecule has 0 unspecified atom stereocenters. The van der Waals surface area contributed by atoms with E-state index in [1.165, 1.54) is 0 Å². The molecule has 0 fully saturated rings. The Balaban J connectivity index is 0.000000845. The van der Waals surface area contributed by atoms with E-state index in [0.717, 1.165) is 11.3 Å². The Bertz CT molecular complexity index is 436. The number of aryl methyl sites for hydroxylation is 1. The molecule has 0 aliphatic heterocycles. The van der Waals surface area contributed by atoms with Gasteiger partial charge in [-0.15, -0.1) is 11.6 Å². The molecule has 1 aromatic heterocycles. The largest absolute Gasteiger partial charge is 0.376 e. The molecule has 3 nitrogen and oxygen atoms in total. The second-order valence-electron chi connectivity index (χ2n) is 2.63. The van der Waals surface area contributed by atoms with Gasteiger partial charge in [-0.1, -0.05) is 6.07 Å². The van der Waals surface area contributed by atoms with Gasteiger partial charge in [-0.05, 0) is 12.4 Å². The number of nitrogens with one attached hydrogen (secondary N) is 1. The quantitative estimate of drug-likeness (QED) is 0.774. The van der Waals surface area contributed by atoms with Crippen molar-refractivity contribution in [1.82, 2.24) is 9.97 Å². The van der Waals surface area contributed by atoms with E-state index in [9.17, 15) is 4.79 Å². The normalized spacial score (nSPS) is 9.62. The van der Waals surface area contributed by atoms with Crippen LogP contribution in [0.2, 0.25) is 0 Å². The fourth-order valence-corrected chi connectivity index (χ4v) is 1.24. The summed E-state index contributed by atoms with van der Waals surface area (Å²) >= 11 is 0. The predicted molar refractivity (Wildman–Crippen MR) is 45.6 cm³/mol. The fourth-order valence-electron chi connectivity index (χ4n) is 1.24. The molecule has 0 spiro atoms. The van der Waals surface area contributed by atoms with E-state index in [-0.39, 0.29) is 32.7 Å². The number of carbonyl (C=O) groups excluding carboxylic acids is 1. The van der Waals surface area contributed by atoms with Gasteiger partial charge in [-0.2, -0.15) is 6.07 Å². The van der Waals surface area contributed by atoms with E-state index >= 15 is 0 Å². The maximum absolute atomic E-state index is 10.5. The summed E-state index contributed by atoms with van der Waals surface area (Å²) in [7, 11) is 0. The number of nitrogens with zero attached hydrogens (tertiary/aromatic N) is 1. The van der Waals surface area contributed by atoms with Gasteiger partial charge in [0.15, 0.2) is 0 Å². The zero-order chi connectivity index (χ0) is 8.55. The molecule has 0 amide bonds. The average Bonchev–Trinajstić information content (AvgIpc) is 2.44. The molecule has 0 saturated carbocycles. The Kier molecular flexibility index (Phi) is 3.34. The van der Waals surface area contributed by atoms with Crippen LogP contribution >= 0.6 is 0 Å². The summed E-state index contributed by atoms with van der Waals surface area (Å²) in [5.74, 6) is 0.813. The van der Waals surface area contributed by atoms with Crippen LogP contribution in [0.1, 0.15) is 11.4 Å². The summed E-state index contributed by atoms with van der Waals surface area (Å²) in [6.07, 6.45) is 1.85. The number of imidazole rings is 1. The predicted octanol–water partition coefficient (Wildman–Crippen LogP) is 1.33. The van der Waals surface area contributed by atoms with Crippen LogP contribution in [0.25, 0.3) is 11.0 Å². The van der Waals surface area contributed by atoms with Gasteiger partial charge in [0.1, 0.15) is 0 Å². The smallest absolute Gasteiger partial charge is 0.0892 e. The maximum atomic E-state index is 10.5. The van der Waals surface area contributed by atoms with Gasteiger partial charge in [-0.25, -0.2) is 0 Å². The van der Waals surface area contributed by atoms with Crippen LogP contribution in [0.5, 0.6) is 0 Å². The van der Waals surface area contributed by atoms with Crippen LogP contribution in [0.15, 0.2) is 18.2 Å². The maximum Gasteiger partial charge on any atom is 0.0892 e. The second kappa shape index (κ2) is 4.12. The van der Waals surface area contributed by atoms with E-state index in [1.807, 2.05) is 19.3 Å². The van der Waals surface area contributed by atoms with Crippen molar-refractivity contribution in [3.8, 4) is 0 Å². The first-order valence-corrected chi connectivity index (χ1v) is 3.65. The number of fused-ring (bicyclic) bond motifs is 1. The molecule has 0 bridgehead atoms. The molecule has 4 heteroatoms. The zero-order valence-corrected chi connectivity index (χ0v) is 10.0. The summed E-state index contributed by atoms with van der Waals surface area (Å²) in [6.45, 7) is 1.86. The molecule has 0 aliphatic rings. The van der Waals surface area contributed by atoms with Gasteiger partial charge in [0.25, 0.3) is 0 Å². The summed E-state index contributed by atoms with van der Waals surface area (Å²) in [5, 5.41) is 0. The standard InChI is InChI=1S/C9H7N2O.Y/c1-6-10-8-4-2-3-7(5-12)9(8)11-6;/h2-4H,1H3,(H,10,11);/q-1;. The Hall–Kier alpha value is -0.536. The van der Waals surface area contributed by atoms with Gasteiger partial charge < -0.3 is 9.78 Å². The number of rotatable bonds is 1. The van der Waals surface area contributed by atoms with Crippen molar-refractivity contribution in [2.45, 2.75) is 6.92 Å². The van der Waals surface area contributed by atoms with Gasteiger partial charge in [0.2, 0.25) is 0 Å². The SMILES string of the molecule is Cc1nc2c([C-]=O)cccc2[nH]1.[Y]. The molecule has 1 radical (unpaired) electrons. The van der Waals surface area contributed by atoms with Crippen molar-refractivity contribution in [2.75, 3.05) is 0 Å². The van der Waals surface area contributed by atoms with Crippen LogP contribution in [0.4, 0.5) is 0 Å². The van der Waals surface area contributed by atoms with Crippen LogP contribution in [0, 0.1) is 6.92 Å². The molecule has 13 heavy (non-hydrogen) atoms. The Labute approximate surface area is 101 Å². The molecule has 2 rings (SSSR count). The molecule has 63 valence electrons. The third-order valence-electron chi connectivity index (χ3n) is 1.74. The van der Waals surface area contributed by atoms with E-state index in [0.29, 0.717) is 11.1 Å². The number of hydrogen-bond donors (Lipinski definition) is 1. The fraction of sp³-hybridized carbons (Fsp3) is 0.111. The molecule has 1 aromatic carbocycles. The van der Waals surface area contributed by atoms with Gasteiger partial charge >= 0.3 is 0 Å². The number of hydrogen-bond acceptors (Lipinski definition) is 2. The van der Waals surface area contributed by atoms with Crippen molar-refractivity contribution in [1.29, 1.82) is 0 Å². The summed E-state index contributed by atoms with van der Waals surface area (Å²) < 4.78 is 0. The Morgan fingerprint density at radius 2 is 2.23 bits per heavy atom.